The molecule has 0 saturated heterocycles. The Balaban J connectivity index is 3.15. The third kappa shape index (κ3) is 61.2. The number of rotatable bonds is 60. The lowest BCUT2D eigenvalue weighted by molar-refractivity contribution is -0.143. The maximum absolute atomic E-state index is 12.1. The lowest BCUT2D eigenvalue weighted by Gasteiger charge is -2.06. The van der Waals surface area contributed by atoms with Crippen LogP contribution in [0.2, 0.25) is 0 Å². The fourth-order valence-corrected chi connectivity index (χ4v) is 10.2. The summed E-state index contributed by atoms with van der Waals surface area (Å²) in [4.78, 5) is 12.1. The summed E-state index contributed by atoms with van der Waals surface area (Å²) in [5, 5.41) is 0. The number of carbonyl (C=O) groups excluding carboxylic acids is 1. The van der Waals surface area contributed by atoms with Crippen LogP contribution in [0.3, 0.4) is 0 Å². The van der Waals surface area contributed by atoms with Crippen molar-refractivity contribution in [1.82, 2.24) is 0 Å². The Morgan fingerprint density at radius 2 is 0.424 bits per heavy atom. The highest BCUT2D eigenvalue weighted by atomic mass is 16.5. The van der Waals surface area contributed by atoms with E-state index in [0.29, 0.717) is 13.0 Å². The van der Waals surface area contributed by atoms with Gasteiger partial charge in [-0.05, 0) is 38.5 Å². The lowest BCUT2D eigenvalue weighted by Crippen LogP contribution is -2.05. The third-order valence-corrected chi connectivity index (χ3v) is 14.9. The molecule has 0 aliphatic carbocycles. The van der Waals surface area contributed by atoms with Gasteiger partial charge in [0.05, 0.1) is 6.61 Å². The number of ether oxygens (including phenoxy) is 1. The number of allylic oxidation sites excluding steroid dienone is 2. The number of hydrogen-bond acceptors (Lipinski definition) is 2. The number of unbranched alkanes of at least 4 members (excludes halogenated alkanes) is 54. The van der Waals surface area contributed by atoms with E-state index >= 15 is 0 Å². The molecule has 0 unspecified atom stereocenters. The minimum Gasteiger partial charge on any atom is -0.466 e. The molecule has 0 fully saturated rings. The molecule has 66 heavy (non-hydrogen) atoms. The van der Waals surface area contributed by atoms with Gasteiger partial charge in [-0.15, -0.1) is 0 Å². The highest BCUT2D eigenvalue weighted by molar-refractivity contribution is 5.69. The van der Waals surface area contributed by atoms with E-state index in [1.165, 1.54) is 353 Å². The molecule has 0 saturated carbocycles. The quantitative estimate of drug-likeness (QED) is 0.0345. The first-order valence-corrected chi connectivity index (χ1v) is 31.6. The molecule has 0 aromatic heterocycles. The molecule has 0 aliphatic rings. The van der Waals surface area contributed by atoms with Crippen molar-refractivity contribution in [2.24, 2.45) is 0 Å². The molecule has 0 aromatic carbocycles. The number of carbonyl (C=O) groups is 1. The van der Waals surface area contributed by atoms with Gasteiger partial charge in [0, 0.05) is 6.42 Å². The van der Waals surface area contributed by atoms with Crippen LogP contribution in [0.5, 0.6) is 0 Å². The summed E-state index contributed by atoms with van der Waals surface area (Å²) < 4.78 is 5.52. The summed E-state index contributed by atoms with van der Waals surface area (Å²) in [6.45, 7) is 5.24. The van der Waals surface area contributed by atoms with Gasteiger partial charge >= 0.3 is 5.97 Å². The van der Waals surface area contributed by atoms with Crippen LogP contribution >= 0.6 is 0 Å². The van der Waals surface area contributed by atoms with E-state index in [4.69, 9.17) is 4.74 Å². The molecule has 394 valence electrons. The SMILES string of the molecule is CCCCCCCCC=CCCCCCCCCCCCCCC(=O)OCCCCCCCCCCCCCCCCCCCCCCCCCCCCCCCCCCCCCCCC. The minimum atomic E-state index is 0.0323. The Morgan fingerprint density at radius 1 is 0.242 bits per heavy atom. The Hall–Kier alpha value is -0.790. The average Bonchev–Trinajstić information content (AvgIpc) is 3.32. The van der Waals surface area contributed by atoms with Gasteiger partial charge in [-0.3, -0.25) is 4.79 Å². The monoisotopic (exact) mass is 927 g/mol. The smallest absolute Gasteiger partial charge is 0.305 e. The average molecular weight is 928 g/mol. The minimum absolute atomic E-state index is 0.0323. The summed E-state index contributed by atoms with van der Waals surface area (Å²) in [6, 6.07) is 0. The summed E-state index contributed by atoms with van der Waals surface area (Å²) in [7, 11) is 0. The third-order valence-electron chi connectivity index (χ3n) is 14.9. The first-order valence-electron chi connectivity index (χ1n) is 31.6. The van der Waals surface area contributed by atoms with Gasteiger partial charge in [0.2, 0.25) is 0 Å². The van der Waals surface area contributed by atoms with Crippen molar-refractivity contribution in [2.45, 2.75) is 386 Å². The molecular formula is C64H126O2. The van der Waals surface area contributed by atoms with Crippen molar-refractivity contribution in [3.63, 3.8) is 0 Å². The lowest BCUT2D eigenvalue weighted by atomic mass is 10.0. The standard InChI is InChI=1S/C64H126O2/c1-3-5-7-9-11-13-15-17-19-21-23-25-26-27-28-29-30-31-32-33-34-35-36-37-38-39-40-41-43-45-47-49-51-53-55-57-59-61-63-66-64(65)62-60-58-56-54-52-50-48-46-44-42-24-22-20-18-16-14-12-10-8-6-4-2/h18,20H,3-17,19,21-63H2,1-2H3. The Bertz CT molecular complexity index is 878. The molecule has 0 spiro atoms. The highest BCUT2D eigenvalue weighted by Crippen LogP contribution is 2.19. The van der Waals surface area contributed by atoms with E-state index in [9.17, 15) is 4.79 Å². The van der Waals surface area contributed by atoms with Crippen LogP contribution in [0.25, 0.3) is 0 Å². The Labute approximate surface area is 418 Å². The second-order valence-electron chi connectivity index (χ2n) is 21.8. The molecule has 0 heterocycles. The number of hydrogen-bond donors (Lipinski definition) is 0. The second-order valence-corrected chi connectivity index (χ2v) is 21.8. The van der Waals surface area contributed by atoms with Crippen LogP contribution in [0.1, 0.15) is 386 Å². The first-order chi connectivity index (χ1) is 32.8. The fraction of sp³-hybridized carbons (Fsp3) is 0.953. The van der Waals surface area contributed by atoms with E-state index in [1.807, 2.05) is 0 Å². The topological polar surface area (TPSA) is 26.3 Å². The second kappa shape index (κ2) is 62.2. The van der Waals surface area contributed by atoms with E-state index < -0.39 is 0 Å². The molecule has 0 aromatic rings. The van der Waals surface area contributed by atoms with Gasteiger partial charge in [0.1, 0.15) is 0 Å². The van der Waals surface area contributed by atoms with Gasteiger partial charge in [-0.25, -0.2) is 0 Å². The predicted molar refractivity (Wildman–Crippen MR) is 299 cm³/mol. The van der Waals surface area contributed by atoms with Crippen molar-refractivity contribution in [2.75, 3.05) is 6.61 Å². The molecule has 0 N–H and O–H groups in total. The molecule has 0 rings (SSSR count). The van der Waals surface area contributed by atoms with Gasteiger partial charge in [0.25, 0.3) is 0 Å². The molecule has 0 bridgehead atoms. The van der Waals surface area contributed by atoms with Crippen LogP contribution in [-0.4, -0.2) is 12.6 Å². The van der Waals surface area contributed by atoms with Gasteiger partial charge in [0.15, 0.2) is 0 Å². The largest absolute Gasteiger partial charge is 0.466 e. The van der Waals surface area contributed by atoms with Gasteiger partial charge < -0.3 is 4.74 Å². The van der Waals surface area contributed by atoms with Crippen LogP contribution in [0, 0.1) is 0 Å². The van der Waals surface area contributed by atoms with E-state index in [-0.39, 0.29) is 5.97 Å². The molecule has 0 atom stereocenters. The van der Waals surface area contributed by atoms with E-state index in [2.05, 4.69) is 26.0 Å². The van der Waals surface area contributed by atoms with Crippen molar-refractivity contribution < 1.29 is 9.53 Å². The summed E-state index contributed by atoms with van der Waals surface area (Å²) in [6.07, 6.45) is 85.8. The Morgan fingerprint density at radius 3 is 0.652 bits per heavy atom. The maximum atomic E-state index is 12.1. The highest BCUT2D eigenvalue weighted by Gasteiger charge is 2.03. The molecule has 0 radical (unpaired) electrons. The molecule has 0 aliphatic heterocycles. The maximum Gasteiger partial charge on any atom is 0.305 e. The normalized spacial score (nSPS) is 11.7. The van der Waals surface area contributed by atoms with Crippen LogP contribution in [-0.2, 0) is 9.53 Å². The zero-order valence-corrected chi connectivity index (χ0v) is 46.2. The van der Waals surface area contributed by atoms with E-state index in [0.717, 1.165) is 12.8 Å². The molecular weight excluding hydrogens is 801 g/mol. The fourth-order valence-electron chi connectivity index (χ4n) is 10.2. The van der Waals surface area contributed by atoms with Crippen molar-refractivity contribution in [3.8, 4) is 0 Å². The van der Waals surface area contributed by atoms with Crippen molar-refractivity contribution in [1.29, 1.82) is 0 Å². The summed E-state index contributed by atoms with van der Waals surface area (Å²) in [5.74, 6) is 0.0323. The summed E-state index contributed by atoms with van der Waals surface area (Å²) >= 11 is 0. The first kappa shape index (κ1) is 65.2. The zero-order chi connectivity index (χ0) is 47.4. The van der Waals surface area contributed by atoms with Gasteiger partial charge in [-0.1, -0.05) is 353 Å². The van der Waals surface area contributed by atoms with Crippen molar-refractivity contribution >= 4 is 5.97 Å². The predicted octanol–water partition coefficient (Wildman–Crippen LogP) is 23.8. The number of esters is 1. The van der Waals surface area contributed by atoms with Crippen LogP contribution in [0.15, 0.2) is 12.2 Å². The zero-order valence-electron chi connectivity index (χ0n) is 46.2. The molecule has 2 heteroatoms. The molecule has 0 amide bonds. The summed E-state index contributed by atoms with van der Waals surface area (Å²) in [5.41, 5.74) is 0. The van der Waals surface area contributed by atoms with Crippen molar-refractivity contribution in [3.05, 3.63) is 12.2 Å². The van der Waals surface area contributed by atoms with E-state index in [1.54, 1.807) is 0 Å². The Kier molecular flexibility index (Phi) is 61.5. The van der Waals surface area contributed by atoms with Gasteiger partial charge in [-0.2, -0.15) is 0 Å². The van der Waals surface area contributed by atoms with Crippen LogP contribution in [0.4, 0.5) is 0 Å². The molecule has 2 nitrogen and oxygen atoms in total. The van der Waals surface area contributed by atoms with Crippen LogP contribution < -0.4 is 0 Å².